The lowest BCUT2D eigenvalue weighted by molar-refractivity contribution is 0.145. The van der Waals surface area contributed by atoms with E-state index in [1.165, 1.54) is 13.1 Å². The van der Waals surface area contributed by atoms with Crippen LogP contribution in [0.2, 0.25) is 0 Å². The molecule has 0 amide bonds. The van der Waals surface area contributed by atoms with E-state index in [1.807, 2.05) is 0 Å². The average Bonchev–Trinajstić information content (AvgIpc) is 2.39. The van der Waals surface area contributed by atoms with Crippen LogP contribution in [0.5, 0.6) is 0 Å². The second-order valence-corrected chi connectivity index (χ2v) is 6.50. The van der Waals surface area contributed by atoms with E-state index in [9.17, 15) is 13.5 Å². The molecule has 7 heteroatoms. The molecule has 0 radical (unpaired) electrons. The molecular formula is C12H19N3O3S. The zero-order chi connectivity index (χ0) is 14.0. The minimum absolute atomic E-state index is 0.0933. The molecule has 6 nitrogen and oxygen atoms in total. The van der Waals surface area contributed by atoms with Gasteiger partial charge in [-0.05, 0) is 38.1 Å². The number of hydrogen-bond acceptors (Lipinski definition) is 5. The minimum atomic E-state index is -3.52. The van der Waals surface area contributed by atoms with Crippen molar-refractivity contribution in [1.82, 2.24) is 4.72 Å². The Hall–Kier alpha value is -1.31. The van der Waals surface area contributed by atoms with Crippen LogP contribution < -0.4 is 15.4 Å². The van der Waals surface area contributed by atoms with E-state index in [2.05, 4.69) is 9.62 Å². The third-order valence-corrected chi connectivity index (χ3v) is 4.87. The predicted octanol–water partition coefficient (Wildman–Crippen LogP) is 0.138. The molecule has 0 aromatic heterocycles. The fourth-order valence-electron chi connectivity index (χ4n) is 2.21. The van der Waals surface area contributed by atoms with E-state index in [-0.39, 0.29) is 16.7 Å². The van der Waals surface area contributed by atoms with Crippen molar-refractivity contribution >= 4 is 21.4 Å². The van der Waals surface area contributed by atoms with Gasteiger partial charge in [0.05, 0.1) is 11.8 Å². The number of hydrogen-bond donors (Lipinski definition) is 3. The molecule has 19 heavy (non-hydrogen) atoms. The van der Waals surface area contributed by atoms with Gasteiger partial charge in [-0.15, -0.1) is 0 Å². The molecule has 0 unspecified atom stereocenters. The maximum absolute atomic E-state index is 11.7. The summed E-state index contributed by atoms with van der Waals surface area (Å²) in [4.78, 5) is 2.19. The van der Waals surface area contributed by atoms with E-state index >= 15 is 0 Å². The van der Waals surface area contributed by atoms with Crippen molar-refractivity contribution in [2.75, 3.05) is 30.8 Å². The molecule has 1 fully saturated rings. The fourth-order valence-corrected chi connectivity index (χ4v) is 3.05. The van der Waals surface area contributed by atoms with Crippen LogP contribution in [0.3, 0.4) is 0 Å². The molecule has 2 rings (SSSR count). The molecule has 0 saturated carbocycles. The number of anilines is 2. The van der Waals surface area contributed by atoms with Gasteiger partial charge in [0.15, 0.2) is 0 Å². The number of aliphatic hydroxyl groups is 1. The number of nitrogen functional groups attached to an aromatic ring is 1. The van der Waals surface area contributed by atoms with Crippen molar-refractivity contribution in [2.24, 2.45) is 0 Å². The molecule has 1 heterocycles. The van der Waals surface area contributed by atoms with Gasteiger partial charge in [0.2, 0.25) is 10.0 Å². The van der Waals surface area contributed by atoms with Crippen LogP contribution in [0.4, 0.5) is 11.4 Å². The number of nitrogens with zero attached hydrogens (tertiary/aromatic N) is 1. The molecule has 0 aliphatic carbocycles. The minimum Gasteiger partial charge on any atom is -0.398 e. The number of rotatable bonds is 3. The first kappa shape index (κ1) is 14.1. The maximum atomic E-state index is 11.7. The highest BCUT2D eigenvalue weighted by Crippen LogP contribution is 2.26. The standard InChI is InChI=1S/C12H19N3O3S/c1-14-19(17,18)12-3-2-9(8-11(12)13)15-6-4-10(16)5-7-15/h2-3,8,10,14,16H,4-7,13H2,1H3. The Morgan fingerprint density at radius 3 is 2.53 bits per heavy atom. The molecular weight excluding hydrogens is 266 g/mol. The summed E-state index contributed by atoms with van der Waals surface area (Å²) in [6.07, 6.45) is 1.20. The summed E-state index contributed by atoms with van der Waals surface area (Å²) in [5.41, 5.74) is 6.94. The Kier molecular flexibility index (Phi) is 3.98. The highest BCUT2D eigenvalue weighted by atomic mass is 32.2. The monoisotopic (exact) mass is 285 g/mol. The van der Waals surface area contributed by atoms with Crippen molar-refractivity contribution in [1.29, 1.82) is 0 Å². The van der Waals surface area contributed by atoms with E-state index in [1.54, 1.807) is 12.1 Å². The van der Waals surface area contributed by atoms with Gasteiger partial charge in [0, 0.05) is 18.8 Å². The maximum Gasteiger partial charge on any atom is 0.242 e. The van der Waals surface area contributed by atoms with Gasteiger partial charge in [-0.2, -0.15) is 0 Å². The lowest BCUT2D eigenvalue weighted by Crippen LogP contribution is -2.35. The molecule has 1 aromatic rings. The van der Waals surface area contributed by atoms with Gasteiger partial charge in [0.1, 0.15) is 4.90 Å². The summed E-state index contributed by atoms with van der Waals surface area (Å²) in [6, 6.07) is 4.93. The van der Waals surface area contributed by atoms with Crippen LogP contribution in [-0.4, -0.2) is 39.8 Å². The van der Waals surface area contributed by atoms with Gasteiger partial charge in [-0.25, -0.2) is 13.1 Å². The molecule has 1 aliphatic heterocycles. The summed E-state index contributed by atoms with van der Waals surface area (Å²) in [6.45, 7) is 1.50. The summed E-state index contributed by atoms with van der Waals surface area (Å²) >= 11 is 0. The van der Waals surface area contributed by atoms with Crippen LogP contribution in [0.25, 0.3) is 0 Å². The number of nitrogens with two attached hydrogens (primary N) is 1. The lowest BCUT2D eigenvalue weighted by atomic mass is 10.1. The highest BCUT2D eigenvalue weighted by molar-refractivity contribution is 7.89. The van der Waals surface area contributed by atoms with Gasteiger partial charge in [-0.3, -0.25) is 0 Å². The average molecular weight is 285 g/mol. The molecule has 0 atom stereocenters. The first-order valence-corrected chi connectivity index (χ1v) is 7.68. The molecule has 1 aromatic carbocycles. The first-order valence-electron chi connectivity index (χ1n) is 6.20. The third kappa shape index (κ3) is 2.99. The summed E-state index contributed by atoms with van der Waals surface area (Å²) < 4.78 is 25.7. The second kappa shape index (κ2) is 5.36. The van der Waals surface area contributed by atoms with Crippen molar-refractivity contribution in [3.05, 3.63) is 18.2 Å². The predicted molar refractivity (Wildman–Crippen MR) is 74.6 cm³/mol. The van der Waals surface area contributed by atoms with Crippen LogP contribution in [0.1, 0.15) is 12.8 Å². The number of sulfonamides is 1. The number of benzene rings is 1. The lowest BCUT2D eigenvalue weighted by Gasteiger charge is -2.31. The van der Waals surface area contributed by atoms with Gasteiger partial charge >= 0.3 is 0 Å². The van der Waals surface area contributed by atoms with Crippen LogP contribution in [-0.2, 0) is 10.0 Å². The Morgan fingerprint density at radius 1 is 1.37 bits per heavy atom. The van der Waals surface area contributed by atoms with Crippen LogP contribution >= 0.6 is 0 Å². The SMILES string of the molecule is CNS(=O)(=O)c1ccc(N2CCC(O)CC2)cc1N. The van der Waals surface area contributed by atoms with E-state index in [0.29, 0.717) is 0 Å². The van der Waals surface area contributed by atoms with Gasteiger partial charge in [0.25, 0.3) is 0 Å². The highest BCUT2D eigenvalue weighted by Gasteiger charge is 2.20. The Morgan fingerprint density at radius 2 is 2.00 bits per heavy atom. The van der Waals surface area contributed by atoms with Crippen LogP contribution in [0.15, 0.2) is 23.1 Å². The molecule has 0 bridgehead atoms. The van der Waals surface area contributed by atoms with Crippen LogP contribution in [0, 0.1) is 0 Å². The van der Waals surface area contributed by atoms with Crippen molar-refractivity contribution in [2.45, 2.75) is 23.8 Å². The van der Waals surface area contributed by atoms with Crippen molar-refractivity contribution < 1.29 is 13.5 Å². The molecule has 1 saturated heterocycles. The van der Waals surface area contributed by atoms with E-state index in [4.69, 9.17) is 5.73 Å². The van der Waals surface area contributed by atoms with Gasteiger partial charge < -0.3 is 15.7 Å². The Bertz CT molecular complexity index is 551. The topological polar surface area (TPSA) is 95.7 Å². The third-order valence-electron chi connectivity index (χ3n) is 3.38. The first-order chi connectivity index (χ1) is 8.94. The quantitative estimate of drug-likeness (QED) is 0.687. The van der Waals surface area contributed by atoms with Gasteiger partial charge in [-0.1, -0.05) is 0 Å². The summed E-state index contributed by atoms with van der Waals surface area (Å²) in [5.74, 6) is 0. The molecule has 4 N–H and O–H groups in total. The number of aliphatic hydroxyl groups excluding tert-OH is 1. The fraction of sp³-hybridized carbons (Fsp3) is 0.500. The van der Waals surface area contributed by atoms with E-state index < -0.39 is 10.0 Å². The zero-order valence-corrected chi connectivity index (χ0v) is 11.7. The second-order valence-electron chi connectivity index (χ2n) is 4.65. The normalized spacial score (nSPS) is 17.7. The van der Waals surface area contributed by atoms with Crippen molar-refractivity contribution in [3.8, 4) is 0 Å². The number of piperidine rings is 1. The molecule has 1 aliphatic rings. The Labute approximate surface area is 113 Å². The summed E-state index contributed by atoms with van der Waals surface area (Å²) in [7, 11) is -2.16. The summed E-state index contributed by atoms with van der Waals surface area (Å²) in [5, 5.41) is 9.47. The molecule has 106 valence electrons. The van der Waals surface area contributed by atoms with Crippen molar-refractivity contribution in [3.63, 3.8) is 0 Å². The smallest absolute Gasteiger partial charge is 0.242 e. The number of nitrogens with one attached hydrogen (secondary N) is 1. The Balaban J connectivity index is 2.24. The zero-order valence-electron chi connectivity index (χ0n) is 10.8. The molecule has 0 spiro atoms. The largest absolute Gasteiger partial charge is 0.398 e. The van der Waals surface area contributed by atoms with E-state index in [0.717, 1.165) is 31.6 Å².